The Morgan fingerprint density at radius 2 is 1.75 bits per heavy atom. The van der Waals surface area contributed by atoms with E-state index in [2.05, 4.69) is 28.9 Å². The molecule has 0 aliphatic rings. The highest BCUT2D eigenvalue weighted by Crippen LogP contribution is 2.32. The molecule has 106 valence electrons. The number of aliphatic hydroxyl groups excluding tert-OH is 1. The number of rotatable bonds is 4. The van der Waals surface area contributed by atoms with Crippen LogP contribution in [0.25, 0.3) is 0 Å². The zero-order chi connectivity index (χ0) is 14.7. The molecule has 2 aromatic carbocycles. The Hall–Kier alpha value is -1.16. The third kappa shape index (κ3) is 3.29. The van der Waals surface area contributed by atoms with E-state index < -0.39 is 6.10 Å². The molecule has 3 heteroatoms. The van der Waals surface area contributed by atoms with Crippen LogP contribution in [0.5, 0.6) is 0 Å². The molecule has 0 amide bonds. The summed E-state index contributed by atoms with van der Waals surface area (Å²) in [6.07, 6.45) is -0.582. The number of aliphatic hydroxyl groups is 1. The lowest BCUT2D eigenvalue weighted by atomic mass is 9.87. The number of hydrogen-bond acceptors (Lipinski definition) is 2. The maximum Gasteiger partial charge on any atom is 0.0873 e. The third-order valence-corrected chi connectivity index (χ3v) is 4.21. The second-order valence-corrected chi connectivity index (χ2v) is 6.11. The topological polar surface area (TPSA) is 46.2 Å². The van der Waals surface area contributed by atoms with Crippen LogP contribution in [-0.2, 0) is 0 Å². The summed E-state index contributed by atoms with van der Waals surface area (Å²) in [6.45, 7) is 4.50. The average Bonchev–Trinajstić information content (AvgIpc) is 2.41. The van der Waals surface area contributed by atoms with E-state index in [9.17, 15) is 5.11 Å². The molecular formula is C17H20BrNO. The molecule has 0 bridgehead atoms. The fourth-order valence-corrected chi connectivity index (χ4v) is 2.80. The lowest BCUT2D eigenvalue weighted by Gasteiger charge is -2.24. The summed E-state index contributed by atoms with van der Waals surface area (Å²) in [5.41, 5.74) is 10.2. The first-order valence-electron chi connectivity index (χ1n) is 6.73. The summed E-state index contributed by atoms with van der Waals surface area (Å²) in [4.78, 5) is 0. The summed E-state index contributed by atoms with van der Waals surface area (Å²) < 4.78 is 1.03. The van der Waals surface area contributed by atoms with Crippen LogP contribution < -0.4 is 5.73 Å². The van der Waals surface area contributed by atoms with Crippen molar-refractivity contribution < 1.29 is 5.11 Å². The molecule has 0 aromatic heterocycles. The first kappa shape index (κ1) is 15.2. The summed E-state index contributed by atoms with van der Waals surface area (Å²) >= 11 is 3.42. The van der Waals surface area contributed by atoms with Crippen molar-refractivity contribution in [2.75, 3.05) is 6.54 Å². The van der Waals surface area contributed by atoms with Crippen molar-refractivity contribution in [2.24, 2.45) is 5.73 Å². The predicted molar refractivity (Wildman–Crippen MR) is 86.8 cm³/mol. The lowest BCUT2D eigenvalue weighted by molar-refractivity contribution is 0.147. The van der Waals surface area contributed by atoms with Gasteiger partial charge in [0.05, 0.1) is 6.10 Å². The Bertz CT molecular complexity index is 580. The van der Waals surface area contributed by atoms with Crippen LogP contribution in [0.15, 0.2) is 46.9 Å². The molecule has 3 N–H and O–H groups in total. The van der Waals surface area contributed by atoms with Crippen LogP contribution >= 0.6 is 15.9 Å². The van der Waals surface area contributed by atoms with Crippen molar-refractivity contribution in [1.82, 2.24) is 0 Å². The van der Waals surface area contributed by atoms with Crippen LogP contribution in [0.2, 0.25) is 0 Å². The van der Waals surface area contributed by atoms with Gasteiger partial charge in [0.15, 0.2) is 0 Å². The molecule has 20 heavy (non-hydrogen) atoms. The van der Waals surface area contributed by atoms with Gasteiger partial charge in [-0.05, 0) is 42.7 Å². The van der Waals surface area contributed by atoms with Gasteiger partial charge in [-0.15, -0.1) is 0 Å². The third-order valence-electron chi connectivity index (χ3n) is 3.68. The minimum atomic E-state index is -0.582. The Morgan fingerprint density at radius 1 is 1.10 bits per heavy atom. The first-order chi connectivity index (χ1) is 9.52. The summed E-state index contributed by atoms with van der Waals surface area (Å²) in [6, 6.07) is 14.1. The van der Waals surface area contributed by atoms with Crippen LogP contribution in [0.4, 0.5) is 0 Å². The Kier molecular flexibility index (Phi) is 4.97. The lowest BCUT2D eigenvalue weighted by Crippen LogP contribution is -2.20. The van der Waals surface area contributed by atoms with E-state index in [4.69, 9.17) is 5.73 Å². The minimum Gasteiger partial charge on any atom is -0.388 e. The van der Waals surface area contributed by atoms with E-state index in [1.165, 1.54) is 5.56 Å². The van der Waals surface area contributed by atoms with E-state index in [0.29, 0.717) is 6.54 Å². The van der Waals surface area contributed by atoms with Gasteiger partial charge in [0, 0.05) is 16.9 Å². The van der Waals surface area contributed by atoms with Gasteiger partial charge >= 0.3 is 0 Å². The SMILES string of the molecule is Cc1ccc(C(O)C(CN)c2ccc(Br)cc2)c(C)c1. The first-order valence-corrected chi connectivity index (χ1v) is 7.53. The Balaban J connectivity index is 2.33. The van der Waals surface area contributed by atoms with Gasteiger partial charge in [0.2, 0.25) is 0 Å². The molecule has 0 heterocycles. The second-order valence-electron chi connectivity index (χ2n) is 5.20. The van der Waals surface area contributed by atoms with Crippen molar-refractivity contribution in [3.05, 3.63) is 69.2 Å². The van der Waals surface area contributed by atoms with Crippen molar-refractivity contribution in [1.29, 1.82) is 0 Å². The fraction of sp³-hybridized carbons (Fsp3) is 0.294. The zero-order valence-corrected chi connectivity index (χ0v) is 13.4. The van der Waals surface area contributed by atoms with E-state index >= 15 is 0 Å². The quantitative estimate of drug-likeness (QED) is 0.892. The van der Waals surface area contributed by atoms with E-state index in [0.717, 1.165) is 21.2 Å². The smallest absolute Gasteiger partial charge is 0.0873 e. The molecule has 0 saturated carbocycles. The van der Waals surface area contributed by atoms with E-state index in [-0.39, 0.29) is 5.92 Å². The molecule has 0 radical (unpaired) electrons. The molecule has 2 rings (SSSR count). The molecular weight excluding hydrogens is 314 g/mol. The van der Waals surface area contributed by atoms with E-state index in [1.54, 1.807) is 0 Å². The normalized spacial score (nSPS) is 14.1. The number of benzene rings is 2. The zero-order valence-electron chi connectivity index (χ0n) is 11.8. The maximum atomic E-state index is 10.7. The highest BCUT2D eigenvalue weighted by atomic mass is 79.9. The second kappa shape index (κ2) is 6.53. The number of halogens is 1. The fourth-order valence-electron chi connectivity index (χ4n) is 2.53. The molecule has 2 nitrogen and oxygen atoms in total. The van der Waals surface area contributed by atoms with Gasteiger partial charge in [-0.25, -0.2) is 0 Å². The minimum absolute atomic E-state index is 0.0930. The highest BCUT2D eigenvalue weighted by molar-refractivity contribution is 9.10. The van der Waals surface area contributed by atoms with Gasteiger partial charge in [0.1, 0.15) is 0 Å². The van der Waals surface area contributed by atoms with Gasteiger partial charge in [-0.2, -0.15) is 0 Å². The van der Waals surface area contributed by atoms with Gasteiger partial charge in [-0.1, -0.05) is 51.8 Å². The molecule has 2 aromatic rings. The summed E-state index contributed by atoms with van der Waals surface area (Å²) in [5, 5.41) is 10.7. The molecule has 0 spiro atoms. The van der Waals surface area contributed by atoms with Crippen molar-refractivity contribution in [2.45, 2.75) is 25.9 Å². The van der Waals surface area contributed by atoms with Gasteiger partial charge in [0.25, 0.3) is 0 Å². The largest absolute Gasteiger partial charge is 0.388 e. The molecule has 0 fully saturated rings. The average molecular weight is 334 g/mol. The van der Waals surface area contributed by atoms with Gasteiger partial charge in [-0.3, -0.25) is 0 Å². The highest BCUT2D eigenvalue weighted by Gasteiger charge is 2.22. The van der Waals surface area contributed by atoms with Crippen molar-refractivity contribution in [3.63, 3.8) is 0 Å². The standard InChI is InChI=1S/C17H20BrNO/c1-11-3-8-15(12(2)9-11)17(20)16(10-19)13-4-6-14(18)7-5-13/h3-9,16-17,20H,10,19H2,1-2H3. The number of aryl methyl sites for hydroxylation is 2. The molecule has 0 aliphatic carbocycles. The molecule has 0 saturated heterocycles. The van der Waals surface area contributed by atoms with Crippen molar-refractivity contribution in [3.8, 4) is 0 Å². The van der Waals surface area contributed by atoms with Crippen LogP contribution in [0, 0.1) is 13.8 Å². The van der Waals surface area contributed by atoms with Crippen molar-refractivity contribution >= 4 is 15.9 Å². The Morgan fingerprint density at radius 3 is 2.30 bits per heavy atom. The van der Waals surface area contributed by atoms with Crippen LogP contribution in [0.3, 0.4) is 0 Å². The summed E-state index contributed by atoms with van der Waals surface area (Å²) in [7, 11) is 0. The number of nitrogens with two attached hydrogens (primary N) is 1. The molecule has 0 aliphatic heterocycles. The molecule has 2 atom stereocenters. The van der Waals surface area contributed by atoms with Gasteiger partial charge < -0.3 is 10.8 Å². The Labute approximate surface area is 128 Å². The maximum absolute atomic E-state index is 10.7. The summed E-state index contributed by atoms with van der Waals surface area (Å²) in [5.74, 6) is -0.0930. The van der Waals surface area contributed by atoms with Crippen LogP contribution in [-0.4, -0.2) is 11.7 Å². The van der Waals surface area contributed by atoms with Crippen LogP contribution in [0.1, 0.15) is 34.3 Å². The predicted octanol–water partition coefficient (Wildman–Crippen LogP) is 3.84. The number of hydrogen-bond donors (Lipinski definition) is 2. The molecule has 2 unspecified atom stereocenters. The van der Waals surface area contributed by atoms with E-state index in [1.807, 2.05) is 43.3 Å². The monoisotopic (exact) mass is 333 g/mol.